The van der Waals surface area contributed by atoms with E-state index in [4.69, 9.17) is 0 Å². The quantitative estimate of drug-likeness (QED) is 0.773. The van der Waals surface area contributed by atoms with Crippen molar-refractivity contribution >= 4 is 5.69 Å². The SMILES string of the molecule is c1ccc(CNc2ccc(-n3cccn3)nc2)nc1. The van der Waals surface area contributed by atoms with Crippen molar-refractivity contribution in [3.05, 3.63) is 66.9 Å². The van der Waals surface area contributed by atoms with Crippen molar-refractivity contribution in [2.24, 2.45) is 0 Å². The van der Waals surface area contributed by atoms with E-state index in [2.05, 4.69) is 20.4 Å². The third kappa shape index (κ3) is 2.77. The number of pyridine rings is 2. The molecular formula is C14H13N5. The van der Waals surface area contributed by atoms with Gasteiger partial charge in [0, 0.05) is 18.6 Å². The Balaban J connectivity index is 1.67. The van der Waals surface area contributed by atoms with Gasteiger partial charge >= 0.3 is 0 Å². The van der Waals surface area contributed by atoms with Gasteiger partial charge in [0.15, 0.2) is 5.82 Å². The molecule has 0 saturated carbocycles. The first-order chi connectivity index (χ1) is 9.42. The summed E-state index contributed by atoms with van der Waals surface area (Å²) >= 11 is 0. The maximum Gasteiger partial charge on any atom is 0.153 e. The molecule has 0 unspecified atom stereocenters. The first kappa shape index (κ1) is 11.4. The Morgan fingerprint density at radius 2 is 2.00 bits per heavy atom. The van der Waals surface area contributed by atoms with Crippen LogP contribution in [-0.4, -0.2) is 19.7 Å². The van der Waals surface area contributed by atoms with Crippen LogP contribution in [0.4, 0.5) is 5.69 Å². The number of aromatic nitrogens is 4. The van der Waals surface area contributed by atoms with Crippen molar-refractivity contribution < 1.29 is 0 Å². The number of nitrogens with one attached hydrogen (secondary N) is 1. The molecule has 3 rings (SSSR count). The predicted octanol–water partition coefficient (Wildman–Crippen LogP) is 2.27. The van der Waals surface area contributed by atoms with Crippen molar-refractivity contribution in [2.45, 2.75) is 6.54 Å². The fourth-order valence-corrected chi connectivity index (χ4v) is 1.73. The largest absolute Gasteiger partial charge is 0.378 e. The van der Waals surface area contributed by atoms with Crippen LogP contribution in [0, 0.1) is 0 Å². The molecule has 0 radical (unpaired) electrons. The molecule has 19 heavy (non-hydrogen) atoms. The summed E-state index contributed by atoms with van der Waals surface area (Å²) in [6, 6.07) is 11.6. The number of rotatable bonds is 4. The smallest absolute Gasteiger partial charge is 0.153 e. The van der Waals surface area contributed by atoms with Gasteiger partial charge in [0.25, 0.3) is 0 Å². The van der Waals surface area contributed by atoms with Crippen molar-refractivity contribution in [1.82, 2.24) is 19.7 Å². The van der Waals surface area contributed by atoms with Gasteiger partial charge in [-0.2, -0.15) is 5.10 Å². The average molecular weight is 251 g/mol. The van der Waals surface area contributed by atoms with E-state index < -0.39 is 0 Å². The summed E-state index contributed by atoms with van der Waals surface area (Å²) in [6.07, 6.45) is 7.17. The fraction of sp³-hybridized carbons (Fsp3) is 0.0714. The Kier molecular flexibility index (Phi) is 3.18. The van der Waals surface area contributed by atoms with E-state index in [0.717, 1.165) is 17.2 Å². The Morgan fingerprint density at radius 3 is 2.68 bits per heavy atom. The topological polar surface area (TPSA) is 55.6 Å². The van der Waals surface area contributed by atoms with Crippen molar-refractivity contribution in [1.29, 1.82) is 0 Å². The summed E-state index contributed by atoms with van der Waals surface area (Å²) in [7, 11) is 0. The van der Waals surface area contributed by atoms with Gasteiger partial charge in [0.1, 0.15) is 0 Å². The summed E-state index contributed by atoms with van der Waals surface area (Å²) in [6.45, 7) is 0.684. The normalized spacial score (nSPS) is 10.3. The van der Waals surface area contributed by atoms with Crippen LogP contribution in [0.25, 0.3) is 5.82 Å². The van der Waals surface area contributed by atoms with Crippen LogP contribution >= 0.6 is 0 Å². The van der Waals surface area contributed by atoms with E-state index >= 15 is 0 Å². The fourth-order valence-electron chi connectivity index (χ4n) is 1.73. The molecule has 0 atom stereocenters. The third-order valence-electron chi connectivity index (χ3n) is 2.69. The highest BCUT2D eigenvalue weighted by Crippen LogP contribution is 2.10. The Hall–Kier alpha value is -2.69. The minimum atomic E-state index is 0.684. The van der Waals surface area contributed by atoms with Crippen LogP contribution < -0.4 is 5.32 Å². The highest BCUT2D eigenvalue weighted by molar-refractivity contribution is 5.43. The molecular weight excluding hydrogens is 238 g/mol. The predicted molar refractivity (Wildman–Crippen MR) is 72.9 cm³/mol. The second kappa shape index (κ2) is 5.30. The molecule has 0 aliphatic carbocycles. The zero-order valence-electron chi connectivity index (χ0n) is 10.3. The lowest BCUT2D eigenvalue weighted by molar-refractivity contribution is 0.847. The van der Waals surface area contributed by atoms with Crippen molar-refractivity contribution in [3.63, 3.8) is 0 Å². The van der Waals surface area contributed by atoms with Crippen molar-refractivity contribution in [3.8, 4) is 5.82 Å². The zero-order valence-corrected chi connectivity index (χ0v) is 10.3. The molecule has 94 valence electrons. The molecule has 3 aromatic heterocycles. The Labute approximate surface area is 111 Å². The van der Waals surface area contributed by atoms with E-state index in [-0.39, 0.29) is 0 Å². The van der Waals surface area contributed by atoms with Crippen LogP contribution in [0.15, 0.2) is 61.2 Å². The molecule has 0 fully saturated rings. The average Bonchev–Trinajstić information content (AvgIpc) is 3.01. The van der Waals surface area contributed by atoms with Crippen LogP contribution in [-0.2, 0) is 6.54 Å². The minimum Gasteiger partial charge on any atom is -0.378 e. The highest BCUT2D eigenvalue weighted by atomic mass is 15.3. The second-order valence-corrected chi connectivity index (χ2v) is 4.03. The maximum atomic E-state index is 4.35. The molecule has 5 nitrogen and oxygen atoms in total. The van der Waals surface area contributed by atoms with Crippen LogP contribution in [0.3, 0.4) is 0 Å². The van der Waals surface area contributed by atoms with E-state index in [1.165, 1.54) is 0 Å². The highest BCUT2D eigenvalue weighted by Gasteiger charge is 1.98. The lowest BCUT2D eigenvalue weighted by atomic mass is 10.3. The Bertz CT molecular complexity index is 617. The number of hydrogen-bond acceptors (Lipinski definition) is 4. The van der Waals surface area contributed by atoms with Gasteiger partial charge in [-0.1, -0.05) is 6.07 Å². The summed E-state index contributed by atoms with van der Waals surface area (Å²) in [5, 5.41) is 7.41. The summed E-state index contributed by atoms with van der Waals surface area (Å²) in [4.78, 5) is 8.61. The number of hydrogen-bond donors (Lipinski definition) is 1. The molecule has 3 aromatic rings. The van der Waals surface area contributed by atoms with E-state index in [1.54, 1.807) is 23.3 Å². The summed E-state index contributed by atoms with van der Waals surface area (Å²) < 4.78 is 1.72. The van der Waals surface area contributed by atoms with Crippen LogP contribution in [0.5, 0.6) is 0 Å². The molecule has 0 spiro atoms. The zero-order chi connectivity index (χ0) is 12.9. The molecule has 0 aromatic carbocycles. The van der Waals surface area contributed by atoms with Gasteiger partial charge in [0.2, 0.25) is 0 Å². The molecule has 0 saturated heterocycles. The van der Waals surface area contributed by atoms with E-state index in [0.29, 0.717) is 6.54 Å². The summed E-state index contributed by atoms with van der Waals surface area (Å²) in [5.41, 5.74) is 1.96. The van der Waals surface area contributed by atoms with E-state index in [1.807, 2.05) is 42.6 Å². The molecule has 0 aliphatic heterocycles. The monoisotopic (exact) mass is 251 g/mol. The Morgan fingerprint density at radius 1 is 1.00 bits per heavy atom. The second-order valence-electron chi connectivity index (χ2n) is 4.03. The van der Waals surface area contributed by atoms with Crippen LogP contribution in [0.1, 0.15) is 5.69 Å². The lowest BCUT2D eigenvalue weighted by Crippen LogP contribution is -2.03. The lowest BCUT2D eigenvalue weighted by Gasteiger charge is -2.06. The first-order valence-corrected chi connectivity index (χ1v) is 6.02. The molecule has 0 amide bonds. The van der Waals surface area contributed by atoms with Gasteiger partial charge in [0.05, 0.1) is 24.1 Å². The molecule has 5 heteroatoms. The summed E-state index contributed by atoms with van der Waals surface area (Å²) in [5.74, 6) is 0.799. The van der Waals surface area contributed by atoms with Gasteiger partial charge in [-0.15, -0.1) is 0 Å². The maximum absolute atomic E-state index is 4.35. The molecule has 1 N–H and O–H groups in total. The van der Waals surface area contributed by atoms with Gasteiger partial charge < -0.3 is 5.32 Å². The molecule has 3 heterocycles. The first-order valence-electron chi connectivity index (χ1n) is 6.02. The number of anilines is 1. The van der Waals surface area contributed by atoms with Gasteiger partial charge in [-0.25, -0.2) is 9.67 Å². The van der Waals surface area contributed by atoms with Crippen LogP contribution in [0.2, 0.25) is 0 Å². The minimum absolute atomic E-state index is 0.684. The number of nitrogens with zero attached hydrogens (tertiary/aromatic N) is 4. The van der Waals surface area contributed by atoms with E-state index in [9.17, 15) is 0 Å². The molecule has 0 aliphatic rings. The molecule has 0 bridgehead atoms. The van der Waals surface area contributed by atoms with Gasteiger partial charge in [-0.05, 0) is 30.3 Å². The third-order valence-corrected chi connectivity index (χ3v) is 2.69. The van der Waals surface area contributed by atoms with Gasteiger partial charge in [-0.3, -0.25) is 4.98 Å². The van der Waals surface area contributed by atoms with Crippen molar-refractivity contribution in [2.75, 3.05) is 5.32 Å². The standard InChI is InChI=1S/C14H13N5/c1-2-7-15-12(4-1)10-16-13-5-6-14(17-11-13)19-9-3-8-18-19/h1-9,11,16H,10H2.